The van der Waals surface area contributed by atoms with Crippen molar-refractivity contribution >= 4 is 45.1 Å². The van der Waals surface area contributed by atoms with Gasteiger partial charge in [-0.3, -0.25) is 0 Å². The van der Waals surface area contributed by atoms with E-state index in [1.807, 2.05) is 0 Å². The molecule has 13 heteroatoms. The van der Waals surface area contributed by atoms with Crippen molar-refractivity contribution in [1.82, 2.24) is 4.58 Å². The predicted octanol–water partition coefficient (Wildman–Crippen LogP) is -0.399. The number of rotatable bonds is 2. The summed E-state index contributed by atoms with van der Waals surface area (Å²) in [6, 6.07) is 0. The molecular formula is C11H14FNO8S3. The fourth-order valence-electron chi connectivity index (χ4n) is 1.62. The highest BCUT2D eigenvalue weighted by Crippen LogP contribution is 2.19. The van der Waals surface area contributed by atoms with Gasteiger partial charge >= 0.3 is 15.9 Å². The van der Waals surface area contributed by atoms with Gasteiger partial charge in [0, 0.05) is 0 Å². The first-order valence-electron chi connectivity index (χ1n) is 6.29. The molecule has 9 nitrogen and oxygen atoms in total. The minimum atomic E-state index is -5.42. The monoisotopic (exact) mass is 403 g/mol. The van der Waals surface area contributed by atoms with Crippen molar-refractivity contribution in [2.45, 2.75) is 0 Å². The van der Waals surface area contributed by atoms with Crippen LogP contribution in [0.25, 0.3) is 0 Å². The lowest BCUT2D eigenvalue weighted by molar-refractivity contribution is 0.0564. The summed E-state index contributed by atoms with van der Waals surface area (Å²) in [5.41, 5.74) is 0. The fraction of sp³-hybridized carbons (Fsp3) is 0.545. The molecule has 1 aromatic rings. The predicted molar refractivity (Wildman–Crippen MR) is 81.5 cm³/mol. The van der Waals surface area contributed by atoms with Gasteiger partial charge in [0.25, 0.3) is 10.5 Å². The van der Waals surface area contributed by atoms with Crippen LogP contribution in [0.3, 0.4) is 0 Å². The minimum absolute atomic E-state index is 0.292. The quantitative estimate of drug-likeness (QED) is 0.283. The average molecular weight is 403 g/mol. The van der Waals surface area contributed by atoms with E-state index in [4.69, 9.17) is 27.2 Å². The largest absolute Gasteiger partial charge is 0.722 e. The molecule has 1 aliphatic rings. The summed E-state index contributed by atoms with van der Waals surface area (Å²) in [5.74, 6) is -1.03. The van der Waals surface area contributed by atoms with E-state index in [9.17, 15) is 13.5 Å². The second kappa shape index (κ2) is 9.17. The van der Waals surface area contributed by atoms with Crippen LogP contribution in [0.15, 0.2) is 0 Å². The Bertz CT molecular complexity index is 714. The number of halogens is 1. The Balaban J connectivity index is 0.000000505. The number of morpholine rings is 1. The van der Waals surface area contributed by atoms with E-state index in [2.05, 4.69) is 4.58 Å². The van der Waals surface area contributed by atoms with Gasteiger partial charge in [0.05, 0.1) is 14.2 Å². The highest BCUT2D eigenvalue weighted by molar-refractivity contribution is 7.80. The van der Waals surface area contributed by atoms with Crippen LogP contribution in [0.5, 0.6) is 0 Å². The summed E-state index contributed by atoms with van der Waals surface area (Å²) in [7, 11) is -2.83. The van der Waals surface area contributed by atoms with Crippen LogP contribution in [-0.4, -0.2) is 65.4 Å². The molecule has 2 rings (SSSR count). The van der Waals surface area contributed by atoms with Gasteiger partial charge in [-0.15, -0.1) is 3.89 Å². The van der Waals surface area contributed by atoms with Crippen LogP contribution in [0.1, 0.15) is 19.3 Å². The van der Waals surface area contributed by atoms with E-state index >= 15 is 0 Å². The summed E-state index contributed by atoms with van der Waals surface area (Å²) >= 11 is 2.51. The molecule has 1 saturated heterocycles. The van der Waals surface area contributed by atoms with E-state index < -0.39 is 22.4 Å². The Morgan fingerprint density at radius 3 is 1.83 bits per heavy atom. The number of esters is 2. The topological polar surface area (TPSA) is 122 Å². The Morgan fingerprint density at radius 1 is 1.12 bits per heavy atom. The van der Waals surface area contributed by atoms with E-state index in [-0.39, 0.29) is 0 Å². The molecule has 0 bridgehead atoms. The number of hydrogen-bond acceptors (Lipinski definition) is 10. The lowest BCUT2D eigenvalue weighted by Gasteiger charge is -2.08. The summed E-state index contributed by atoms with van der Waals surface area (Å²) in [6.45, 7) is 2.79. The van der Waals surface area contributed by atoms with E-state index in [0.717, 1.165) is 17.1 Å². The standard InChI is InChI=1S/C11H14NO5S2.FHO3S/c1-15-9(13)7-8(10(14)16-2)19-11(18-7)12-3-5-17-6-4-12;1-5(2,3)4/h3-6H2,1-2H3;(H,2,3,4)/q+1;/p-1. The summed E-state index contributed by atoms with van der Waals surface area (Å²) in [6.07, 6.45) is 0. The molecule has 0 amide bonds. The zero-order valence-electron chi connectivity index (χ0n) is 12.6. The minimum Gasteiger partial charge on any atom is -0.722 e. The number of methoxy groups -OCH3 is 2. The van der Waals surface area contributed by atoms with Gasteiger partial charge in [0.2, 0.25) is 0 Å². The number of ether oxygens (including phenoxy) is 3. The van der Waals surface area contributed by atoms with E-state index in [1.54, 1.807) is 0 Å². The van der Waals surface area contributed by atoms with Crippen LogP contribution >= 0.6 is 22.7 Å². The van der Waals surface area contributed by atoms with Gasteiger partial charge in [0.1, 0.15) is 23.0 Å². The Morgan fingerprint density at radius 2 is 1.50 bits per heavy atom. The van der Waals surface area contributed by atoms with Crippen LogP contribution < -0.4 is 8.56 Å². The van der Waals surface area contributed by atoms with Crippen molar-refractivity contribution < 1.29 is 40.7 Å². The second-order valence-electron chi connectivity index (χ2n) is 4.10. The van der Waals surface area contributed by atoms with Gasteiger partial charge in [0.15, 0.2) is 13.1 Å². The third-order valence-corrected chi connectivity index (χ3v) is 5.24. The highest BCUT2D eigenvalue weighted by Gasteiger charge is 2.26. The molecule has 0 radical (unpaired) electrons. The molecule has 1 aromatic heterocycles. The van der Waals surface area contributed by atoms with Crippen molar-refractivity contribution in [2.75, 3.05) is 40.5 Å². The first-order valence-corrected chi connectivity index (χ1v) is 9.23. The maximum Gasteiger partial charge on any atom is 0.350 e. The zero-order chi connectivity index (χ0) is 18.3. The molecular weight excluding hydrogens is 389 g/mol. The SMILES string of the molecule is COC(=O)c1sc(=[N+]2CCOCC2)sc1C(=O)OC.O=S(=O)([O-])F. The molecule has 0 aromatic carbocycles. The third-order valence-electron chi connectivity index (χ3n) is 2.60. The zero-order valence-corrected chi connectivity index (χ0v) is 15.1. The van der Waals surface area contributed by atoms with Crippen molar-refractivity contribution in [3.63, 3.8) is 0 Å². The van der Waals surface area contributed by atoms with Crippen LogP contribution in [0.2, 0.25) is 0 Å². The molecule has 0 saturated carbocycles. The lowest BCUT2D eigenvalue weighted by Crippen LogP contribution is -2.37. The van der Waals surface area contributed by atoms with Gasteiger partial charge in [-0.2, -0.15) is 0 Å². The van der Waals surface area contributed by atoms with Crippen molar-refractivity contribution in [3.05, 3.63) is 13.7 Å². The van der Waals surface area contributed by atoms with Crippen molar-refractivity contribution in [2.24, 2.45) is 0 Å². The molecule has 24 heavy (non-hydrogen) atoms. The Labute approximate surface area is 145 Å². The fourth-order valence-corrected chi connectivity index (χ4v) is 4.19. The van der Waals surface area contributed by atoms with Crippen LogP contribution in [-0.2, 0) is 24.7 Å². The number of carbonyl (C=O) groups is 2. The first-order chi connectivity index (χ1) is 11.2. The molecule has 0 spiro atoms. The molecule has 1 aliphatic heterocycles. The summed E-state index contributed by atoms with van der Waals surface area (Å²) < 4.78 is 53.0. The molecule has 0 unspecified atom stereocenters. The number of carbonyl (C=O) groups excluding carboxylic acids is 2. The normalized spacial score (nSPS) is 14.4. The average Bonchev–Trinajstić information content (AvgIpc) is 2.98. The molecule has 136 valence electrons. The highest BCUT2D eigenvalue weighted by atomic mass is 32.3. The van der Waals surface area contributed by atoms with E-state index in [1.165, 1.54) is 36.9 Å². The molecule has 1 fully saturated rings. The first kappa shape index (κ1) is 20.6. The number of hydrogen-bond donors (Lipinski definition) is 0. The lowest BCUT2D eigenvalue weighted by atomic mass is 10.4. The van der Waals surface area contributed by atoms with Crippen LogP contribution in [0.4, 0.5) is 3.89 Å². The maximum atomic E-state index is 11.7. The van der Waals surface area contributed by atoms with Gasteiger partial charge < -0.3 is 18.8 Å². The maximum absolute atomic E-state index is 11.7. The summed E-state index contributed by atoms with van der Waals surface area (Å²) in [4.78, 5) is 24.0. The van der Waals surface area contributed by atoms with Gasteiger partial charge in [-0.05, 0) is 22.7 Å². The Hall–Kier alpha value is -1.41. The smallest absolute Gasteiger partial charge is 0.350 e. The van der Waals surface area contributed by atoms with Crippen molar-refractivity contribution in [1.29, 1.82) is 0 Å². The second-order valence-corrected chi connectivity index (χ2v) is 7.15. The Kier molecular flexibility index (Phi) is 7.89. The van der Waals surface area contributed by atoms with Crippen molar-refractivity contribution in [3.8, 4) is 0 Å². The van der Waals surface area contributed by atoms with Gasteiger partial charge in [-0.1, -0.05) is 0 Å². The molecule has 2 heterocycles. The number of nitrogens with zero attached hydrogens (tertiary/aromatic N) is 1. The molecule has 0 atom stereocenters. The molecule has 0 aliphatic carbocycles. The molecule has 0 N–H and O–H groups in total. The summed E-state index contributed by atoms with van der Waals surface area (Å²) in [5, 5.41) is 0. The van der Waals surface area contributed by atoms with E-state index in [0.29, 0.717) is 23.0 Å². The van der Waals surface area contributed by atoms with Gasteiger partial charge in [-0.25, -0.2) is 22.6 Å². The van der Waals surface area contributed by atoms with Crippen LogP contribution in [0, 0.1) is 0 Å². The third kappa shape index (κ3) is 6.60.